The van der Waals surface area contributed by atoms with Gasteiger partial charge in [-0.1, -0.05) is 187 Å². The molecule has 1 atom stereocenters. The number of esters is 3. The number of ether oxygens (including phenoxy) is 3. The van der Waals surface area contributed by atoms with Gasteiger partial charge in [0.25, 0.3) is 0 Å². The van der Waals surface area contributed by atoms with Crippen LogP contribution in [0.25, 0.3) is 0 Å². The molecule has 0 aromatic heterocycles. The largest absolute Gasteiger partial charge is 0.462 e. The highest BCUT2D eigenvalue weighted by molar-refractivity contribution is 5.72. The van der Waals surface area contributed by atoms with Crippen molar-refractivity contribution in [1.29, 1.82) is 0 Å². The van der Waals surface area contributed by atoms with Crippen molar-refractivity contribution in [3.05, 3.63) is 122 Å². The van der Waals surface area contributed by atoms with Crippen molar-refractivity contribution in [3.8, 4) is 0 Å². The van der Waals surface area contributed by atoms with Crippen molar-refractivity contribution in [2.75, 3.05) is 13.2 Å². The molecule has 0 aromatic rings. The number of hydrogen-bond acceptors (Lipinski definition) is 6. The second-order valence-electron chi connectivity index (χ2n) is 13.7. The molecule has 0 aromatic carbocycles. The summed E-state index contributed by atoms with van der Waals surface area (Å²) >= 11 is 0. The van der Waals surface area contributed by atoms with Crippen LogP contribution < -0.4 is 0 Å². The quantitative estimate of drug-likeness (QED) is 0.0207. The molecule has 6 heteroatoms. The molecule has 0 amide bonds. The molecule has 0 aliphatic carbocycles. The first-order valence-electron chi connectivity index (χ1n) is 21.6. The number of carbonyl (C=O) groups excluding carboxylic acids is 3. The third kappa shape index (κ3) is 41.0. The van der Waals surface area contributed by atoms with Gasteiger partial charge in [0.05, 0.1) is 6.42 Å². The van der Waals surface area contributed by atoms with Crippen LogP contribution in [0.4, 0.5) is 0 Å². The number of allylic oxidation sites excluding steroid dienone is 19. The Morgan fingerprint density at radius 2 is 0.857 bits per heavy atom. The number of carbonyl (C=O) groups is 3. The summed E-state index contributed by atoms with van der Waals surface area (Å²) in [4.78, 5) is 37.5. The molecule has 0 N–H and O–H groups in total. The molecule has 0 saturated carbocycles. The van der Waals surface area contributed by atoms with E-state index in [4.69, 9.17) is 14.2 Å². The first-order valence-corrected chi connectivity index (χ1v) is 21.6. The zero-order chi connectivity index (χ0) is 40.8. The molecular formula is C50H76O6. The molecule has 6 nitrogen and oxygen atoms in total. The van der Waals surface area contributed by atoms with Crippen LogP contribution in [0.2, 0.25) is 0 Å². The lowest BCUT2D eigenvalue weighted by molar-refractivity contribution is -0.166. The van der Waals surface area contributed by atoms with Gasteiger partial charge in [-0.25, -0.2) is 0 Å². The Balaban J connectivity index is 4.53. The molecule has 0 aliphatic heterocycles. The molecule has 56 heavy (non-hydrogen) atoms. The first kappa shape index (κ1) is 51.8. The second kappa shape index (κ2) is 43.5. The Hall–Kier alpha value is -4.19. The van der Waals surface area contributed by atoms with Crippen molar-refractivity contribution < 1.29 is 28.6 Å². The van der Waals surface area contributed by atoms with Crippen molar-refractivity contribution in [3.63, 3.8) is 0 Å². The van der Waals surface area contributed by atoms with Gasteiger partial charge in [-0.2, -0.15) is 0 Å². The fraction of sp³-hybridized carbons (Fsp3) is 0.540. The molecule has 0 rings (SSSR count). The highest BCUT2D eigenvalue weighted by atomic mass is 16.6. The predicted molar refractivity (Wildman–Crippen MR) is 237 cm³/mol. The molecule has 312 valence electrons. The van der Waals surface area contributed by atoms with Crippen LogP contribution in [0, 0.1) is 0 Å². The molecule has 0 saturated heterocycles. The van der Waals surface area contributed by atoms with E-state index in [2.05, 4.69) is 93.7 Å². The maximum atomic E-state index is 12.6. The maximum absolute atomic E-state index is 12.6. The van der Waals surface area contributed by atoms with Gasteiger partial charge >= 0.3 is 17.9 Å². The van der Waals surface area contributed by atoms with E-state index < -0.39 is 12.1 Å². The van der Waals surface area contributed by atoms with Gasteiger partial charge < -0.3 is 14.2 Å². The molecule has 0 aliphatic rings. The van der Waals surface area contributed by atoms with Gasteiger partial charge in [-0.05, 0) is 70.6 Å². The van der Waals surface area contributed by atoms with Crippen LogP contribution >= 0.6 is 0 Å². The summed E-state index contributed by atoms with van der Waals surface area (Å²) in [6.45, 7) is 6.18. The van der Waals surface area contributed by atoms with Crippen molar-refractivity contribution >= 4 is 17.9 Å². The van der Waals surface area contributed by atoms with Crippen LogP contribution in [-0.2, 0) is 28.6 Å². The van der Waals surface area contributed by atoms with Gasteiger partial charge in [-0.3, -0.25) is 14.4 Å². The van der Waals surface area contributed by atoms with E-state index in [1.54, 1.807) is 6.08 Å². The summed E-state index contributed by atoms with van der Waals surface area (Å²) in [5.41, 5.74) is 0. The Morgan fingerprint density at radius 3 is 1.45 bits per heavy atom. The van der Waals surface area contributed by atoms with Gasteiger partial charge in [0.15, 0.2) is 6.10 Å². The Bertz CT molecular complexity index is 1260. The topological polar surface area (TPSA) is 78.9 Å². The van der Waals surface area contributed by atoms with E-state index in [0.717, 1.165) is 89.9 Å². The third-order valence-electron chi connectivity index (χ3n) is 8.34. The van der Waals surface area contributed by atoms with E-state index in [9.17, 15) is 14.4 Å². The Labute approximate surface area is 342 Å². The minimum absolute atomic E-state index is 0.119. The molecule has 0 radical (unpaired) electrons. The van der Waals surface area contributed by atoms with Crippen molar-refractivity contribution in [1.82, 2.24) is 0 Å². The van der Waals surface area contributed by atoms with Crippen LogP contribution in [-0.4, -0.2) is 37.2 Å². The highest BCUT2D eigenvalue weighted by Gasteiger charge is 2.19. The average molecular weight is 773 g/mol. The van der Waals surface area contributed by atoms with Crippen molar-refractivity contribution in [2.45, 2.75) is 162 Å². The minimum Gasteiger partial charge on any atom is -0.462 e. The summed E-state index contributed by atoms with van der Waals surface area (Å²) in [6.07, 6.45) is 59.3. The van der Waals surface area contributed by atoms with E-state index in [-0.39, 0.29) is 38.0 Å². The standard InChI is InChI=1S/C50H76O6/c1-4-7-10-13-16-19-21-22-23-24-25-26-27-29-31-34-37-40-43-49(52)55-46-47(45-54-48(51)42-39-36-33-30-18-15-12-9-6-3)56-50(53)44-41-38-35-32-28-20-17-14-11-8-5-2/h9-10,12-14,16-26,28,30,36,39,47H,4-8,11,15,27,29,31-35,37-38,40-46H2,1-3H3/b12-9-,13-10-,17-14-,19-16-,22-21-,24-23-,26-25-,28-20-,30-18-,39-36-. The van der Waals surface area contributed by atoms with Crippen LogP contribution in [0.5, 0.6) is 0 Å². The zero-order valence-electron chi connectivity index (χ0n) is 35.3. The molecular weight excluding hydrogens is 697 g/mol. The fourth-order valence-corrected chi connectivity index (χ4v) is 5.09. The highest BCUT2D eigenvalue weighted by Crippen LogP contribution is 2.11. The Morgan fingerprint density at radius 1 is 0.411 bits per heavy atom. The van der Waals surface area contributed by atoms with Crippen molar-refractivity contribution in [2.24, 2.45) is 0 Å². The zero-order valence-corrected chi connectivity index (χ0v) is 35.3. The SMILES string of the molecule is CC/C=C\C/C=C\C/C=C\CC(=O)OCC(COC(=O)CCCCCCC\C=C/C=C\C=C/C=C\C=C/CCC)OC(=O)CCCCC/C=C\C=C/CCCC. The lowest BCUT2D eigenvalue weighted by Gasteiger charge is -2.18. The lowest BCUT2D eigenvalue weighted by Crippen LogP contribution is -2.30. The summed E-state index contributed by atoms with van der Waals surface area (Å²) in [5.74, 6) is -1.13. The van der Waals surface area contributed by atoms with E-state index >= 15 is 0 Å². The molecule has 0 heterocycles. The summed E-state index contributed by atoms with van der Waals surface area (Å²) < 4.78 is 16.5. The number of hydrogen-bond donors (Lipinski definition) is 0. The predicted octanol–water partition coefficient (Wildman–Crippen LogP) is 13.8. The van der Waals surface area contributed by atoms with E-state index in [1.807, 2.05) is 42.5 Å². The maximum Gasteiger partial charge on any atom is 0.309 e. The molecule has 1 unspecified atom stereocenters. The normalized spacial score (nSPS) is 13.3. The van der Waals surface area contributed by atoms with Crippen LogP contribution in [0.1, 0.15) is 156 Å². The summed E-state index contributed by atoms with van der Waals surface area (Å²) in [7, 11) is 0. The third-order valence-corrected chi connectivity index (χ3v) is 8.34. The smallest absolute Gasteiger partial charge is 0.309 e. The number of rotatable bonds is 36. The molecule has 0 spiro atoms. The summed E-state index contributed by atoms with van der Waals surface area (Å²) in [5, 5.41) is 0. The minimum atomic E-state index is -0.838. The van der Waals surface area contributed by atoms with E-state index in [1.165, 1.54) is 19.3 Å². The van der Waals surface area contributed by atoms with Gasteiger partial charge in [0, 0.05) is 12.8 Å². The molecule has 0 bridgehead atoms. The van der Waals surface area contributed by atoms with Gasteiger partial charge in [-0.15, -0.1) is 0 Å². The van der Waals surface area contributed by atoms with Gasteiger partial charge in [0.2, 0.25) is 0 Å². The van der Waals surface area contributed by atoms with Gasteiger partial charge in [0.1, 0.15) is 13.2 Å². The average Bonchev–Trinajstić information content (AvgIpc) is 3.19. The first-order chi connectivity index (χ1) is 27.5. The lowest BCUT2D eigenvalue weighted by atomic mass is 10.1. The second-order valence-corrected chi connectivity index (χ2v) is 13.7. The monoisotopic (exact) mass is 773 g/mol. The number of unbranched alkanes of at least 4 members (excludes halogenated alkanes) is 11. The summed E-state index contributed by atoms with van der Waals surface area (Å²) in [6, 6.07) is 0. The van der Waals surface area contributed by atoms with Crippen LogP contribution in [0.15, 0.2) is 122 Å². The molecule has 0 fully saturated rings. The Kier molecular flexibility index (Phi) is 40.3. The fourth-order valence-electron chi connectivity index (χ4n) is 5.09. The van der Waals surface area contributed by atoms with E-state index in [0.29, 0.717) is 12.8 Å². The van der Waals surface area contributed by atoms with Crippen LogP contribution in [0.3, 0.4) is 0 Å².